The molecular formula is C17H26N4O2S. The van der Waals surface area contributed by atoms with E-state index in [-0.39, 0.29) is 4.90 Å². The highest BCUT2D eigenvalue weighted by Crippen LogP contribution is 2.47. The smallest absolute Gasteiger partial charge is 0.240 e. The van der Waals surface area contributed by atoms with E-state index < -0.39 is 10.0 Å². The Bertz CT molecular complexity index is 726. The molecule has 0 bridgehead atoms. The van der Waals surface area contributed by atoms with Crippen molar-refractivity contribution in [2.24, 2.45) is 10.4 Å². The maximum Gasteiger partial charge on any atom is 0.240 e. The lowest BCUT2D eigenvalue weighted by Gasteiger charge is -2.38. The molecule has 1 heterocycles. The summed E-state index contributed by atoms with van der Waals surface area (Å²) in [6.45, 7) is 2.69. The van der Waals surface area contributed by atoms with Gasteiger partial charge in [0.1, 0.15) is 0 Å². The molecule has 0 unspecified atom stereocenters. The van der Waals surface area contributed by atoms with Crippen LogP contribution in [0.5, 0.6) is 0 Å². The number of rotatable bonds is 4. The van der Waals surface area contributed by atoms with Gasteiger partial charge in [-0.3, -0.25) is 4.99 Å². The summed E-state index contributed by atoms with van der Waals surface area (Å²) in [5.41, 5.74) is 1.45. The highest BCUT2D eigenvalue weighted by molar-refractivity contribution is 7.89. The molecule has 2 aliphatic rings. The van der Waals surface area contributed by atoms with Crippen LogP contribution in [0.3, 0.4) is 0 Å². The number of nitrogens with zero attached hydrogens (tertiary/aromatic N) is 2. The predicted octanol–water partition coefficient (Wildman–Crippen LogP) is 1.55. The van der Waals surface area contributed by atoms with Crippen molar-refractivity contribution in [1.82, 2.24) is 14.9 Å². The summed E-state index contributed by atoms with van der Waals surface area (Å²) in [6, 6.07) is 6.99. The Labute approximate surface area is 144 Å². The molecule has 2 N–H and O–H groups in total. The number of likely N-dealkylation sites (tertiary alicyclic amines) is 1. The van der Waals surface area contributed by atoms with E-state index in [0.29, 0.717) is 12.0 Å². The largest absolute Gasteiger partial charge is 0.352 e. The SMILES string of the molecule is CN=C(NCc1cccc(S(=O)(=O)NC)c1)N1CCC2(CCC2)C1. The van der Waals surface area contributed by atoms with E-state index in [4.69, 9.17) is 0 Å². The summed E-state index contributed by atoms with van der Waals surface area (Å²) in [6.07, 6.45) is 5.28. The molecule has 0 radical (unpaired) electrons. The van der Waals surface area contributed by atoms with E-state index in [1.54, 1.807) is 25.2 Å². The van der Waals surface area contributed by atoms with Crippen LogP contribution >= 0.6 is 0 Å². The summed E-state index contributed by atoms with van der Waals surface area (Å²) < 4.78 is 26.2. The van der Waals surface area contributed by atoms with Gasteiger partial charge in [0.15, 0.2) is 5.96 Å². The molecule has 3 rings (SSSR count). The van der Waals surface area contributed by atoms with Crippen molar-refractivity contribution < 1.29 is 8.42 Å². The average molecular weight is 350 g/mol. The third-order valence-corrected chi connectivity index (χ3v) is 6.70. The lowest BCUT2D eigenvalue weighted by Crippen LogP contribution is -2.42. The number of aliphatic imine (C=N–C) groups is 1. The summed E-state index contributed by atoms with van der Waals surface area (Å²) in [4.78, 5) is 7.01. The van der Waals surface area contributed by atoms with Gasteiger partial charge in [0.25, 0.3) is 0 Å². The number of guanidine groups is 1. The van der Waals surface area contributed by atoms with Gasteiger partial charge in [-0.15, -0.1) is 0 Å². The molecule has 2 fully saturated rings. The first-order valence-corrected chi connectivity index (χ1v) is 9.94. The molecule has 1 aliphatic heterocycles. The van der Waals surface area contributed by atoms with Crippen LogP contribution in [0.15, 0.2) is 34.2 Å². The van der Waals surface area contributed by atoms with Gasteiger partial charge in [0, 0.05) is 26.7 Å². The Morgan fingerprint density at radius 2 is 2.12 bits per heavy atom. The zero-order valence-electron chi connectivity index (χ0n) is 14.4. The van der Waals surface area contributed by atoms with Crippen molar-refractivity contribution >= 4 is 16.0 Å². The van der Waals surface area contributed by atoms with Crippen LogP contribution in [-0.2, 0) is 16.6 Å². The van der Waals surface area contributed by atoms with Crippen LogP contribution in [0.1, 0.15) is 31.2 Å². The van der Waals surface area contributed by atoms with Crippen molar-refractivity contribution in [3.63, 3.8) is 0 Å². The topological polar surface area (TPSA) is 73.8 Å². The lowest BCUT2D eigenvalue weighted by molar-refractivity contribution is 0.151. The molecule has 1 saturated carbocycles. The average Bonchev–Trinajstić information content (AvgIpc) is 3.02. The van der Waals surface area contributed by atoms with Gasteiger partial charge in [-0.1, -0.05) is 18.6 Å². The van der Waals surface area contributed by atoms with Crippen LogP contribution < -0.4 is 10.0 Å². The maximum atomic E-state index is 11.9. The van der Waals surface area contributed by atoms with Crippen molar-refractivity contribution in [3.05, 3.63) is 29.8 Å². The third kappa shape index (κ3) is 3.42. The highest BCUT2D eigenvalue weighted by Gasteiger charge is 2.43. The van der Waals surface area contributed by atoms with Crippen molar-refractivity contribution in [1.29, 1.82) is 0 Å². The summed E-state index contributed by atoms with van der Waals surface area (Å²) in [5.74, 6) is 0.903. The first-order chi connectivity index (χ1) is 11.5. The lowest BCUT2D eigenvalue weighted by atomic mass is 9.68. The number of hydrogen-bond acceptors (Lipinski definition) is 3. The van der Waals surface area contributed by atoms with Gasteiger partial charge in [-0.05, 0) is 49.4 Å². The fourth-order valence-corrected chi connectivity index (χ4v) is 4.45. The molecule has 1 saturated heterocycles. The van der Waals surface area contributed by atoms with Crippen LogP contribution in [0.2, 0.25) is 0 Å². The van der Waals surface area contributed by atoms with E-state index in [1.165, 1.54) is 32.7 Å². The van der Waals surface area contributed by atoms with Crippen LogP contribution in [0.4, 0.5) is 0 Å². The molecular weight excluding hydrogens is 324 g/mol. The van der Waals surface area contributed by atoms with Crippen LogP contribution in [-0.4, -0.2) is 46.5 Å². The molecule has 1 spiro atoms. The fraction of sp³-hybridized carbons (Fsp3) is 0.588. The Morgan fingerprint density at radius 3 is 2.71 bits per heavy atom. The quantitative estimate of drug-likeness (QED) is 0.638. The van der Waals surface area contributed by atoms with Gasteiger partial charge >= 0.3 is 0 Å². The van der Waals surface area contributed by atoms with E-state index in [1.807, 2.05) is 6.07 Å². The predicted molar refractivity (Wildman–Crippen MR) is 95.4 cm³/mol. The van der Waals surface area contributed by atoms with Crippen LogP contribution in [0, 0.1) is 5.41 Å². The number of benzene rings is 1. The fourth-order valence-electron chi connectivity index (χ4n) is 3.65. The summed E-state index contributed by atoms with van der Waals surface area (Å²) in [5, 5.41) is 3.37. The summed E-state index contributed by atoms with van der Waals surface area (Å²) in [7, 11) is -0.186. The molecule has 132 valence electrons. The van der Waals surface area contributed by atoms with Crippen LogP contribution in [0.25, 0.3) is 0 Å². The third-order valence-electron chi connectivity index (χ3n) is 5.29. The maximum absolute atomic E-state index is 11.9. The molecule has 0 atom stereocenters. The number of nitrogens with one attached hydrogen (secondary N) is 2. The van der Waals surface area contributed by atoms with Crippen molar-refractivity contribution in [2.75, 3.05) is 27.2 Å². The second-order valence-corrected chi connectivity index (χ2v) is 8.67. The zero-order chi connectivity index (χ0) is 17.2. The molecule has 24 heavy (non-hydrogen) atoms. The number of sulfonamides is 1. The standard InChI is InChI=1S/C17H26N4O2S/c1-18-16(21-10-9-17(13-21)7-4-8-17)20-12-14-5-3-6-15(11-14)24(22,23)19-2/h3,5-6,11,19H,4,7-10,12-13H2,1-2H3,(H,18,20). The molecule has 1 aliphatic carbocycles. The molecule has 7 heteroatoms. The van der Waals surface area contributed by atoms with E-state index in [9.17, 15) is 8.42 Å². The summed E-state index contributed by atoms with van der Waals surface area (Å²) >= 11 is 0. The van der Waals surface area contributed by atoms with Gasteiger partial charge in [0.05, 0.1) is 4.90 Å². The second kappa shape index (κ2) is 6.72. The first kappa shape index (κ1) is 17.2. The molecule has 1 aromatic carbocycles. The normalized spacial score (nSPS) is 20.2. The molecule has 1 aromatic rings. The van der Waals surface area contributed by atoms with Crippen molar-refractivity contribution in [3.8, 4) is 0 Å². The first-order valence-electron chi connectivity index (χ1n) is 8.46. The second-order valence-electron chi connectivity index (χ2n) is 6.78. The van der Waals surface area contributed by atoms with Gasteiger partial charge in [0.2, 0.25) is 10.0 Å². The molecule has 0 aromatic heterocycles. The van der Waals surface area contributed by atoms with E-state index >= 15 is 0 Å². The Balaban J connectivity index is 1.63. The molecule has 6 nitrogen and oxygen atoms in total. The van der Waals surface area contributed by atoms with E-state index in [2.05, 4.69) is 19.9 Å². The van der Waals surface area contributed by atoms with Crippen molar-refractivity contribution in [2.45, 2.75) is 37.1 Å². The van der Waals surface area contributed by atoms with Gasteiger partial charge < -0.3 is 10.2 Å². The minimum Gasteiger partial charge on any atom is -0.352 e. The van der Waals surface area contributed by atoms with E-state index in [0.717, 1.165) is 24.6 Å². The Hall–Kier alpha value is -1.60. The van der Waals surface area contributed by atoms with Gasteiger partial charge in [-0.25, -0.2) is 13.1 Å². The Morgan fingerprint density at radius 1 is 1.33 bits per heavy atom. The molecule has 0 amide bonds. The van der Waals surface area contributed by atoms with Gasteiger partial charge in [-0.2, -0.15) is 0 Å². The monoisotopic (exact) mass is 350 g/mol. The minimum absolute atomic E-state index is 0.286. The number of hydrogen-bond donors (Lipinski definition) is 2. The highest BCUT2D eigenvalue weighted by atomic mass is 32.2. The Kier molecular flexibility index (Phi) is 4.83. The minimum atomic E-state index is -3.41. The zero-order valence-corrected chi connectivity index (χ0v) is 15.2.